The van der Waals surface area contributed by atoms with E-state index in [4.69, 9.17) is 10.5 Å². The Morgan fingerprint density at radius 1 is 1.32 bits per heavy atom. The van der Waals surface area contributed by atoms with Gasteiger partial charge in [0, 0.05) is 24.3 Å². The summed E-state index contributed by atoms with van der Waals surface area (Å²) in [7, 11) is -4.47. The first kappa shape index (κ1) is 16.3. The predicted molar refractivity (Wildman–Crippen MR) is 75.3 cm³/mol. The van der Waals surface area contributed by atoms with Gasteiger partial charge < -0.3 is 10.5 Å². The molecule has 2 N–H and O–H groups in total. The summed E-state index contributed by atoms with van der Waals surface area (Å²) in [5.41, 5.74) is 5.53. The summed E-state index contributed by atoms with van der Waals surface area (Å²) in [6, 6.07) is 6.04. The number of hydrogen-bond donors (Lipinski definition) is 1. The SMILES string of the molecule is CCOC(CN)CS(=O)c1ccc(S(C)(=O)=O)cc1. The number of sulfone groups is 1. The average molecular weight is 305 g/mol. The molecule has 0 saturated heterocycles. The van der Waals surface area contributed by atoms with Gasteiger partial charge in [-0.15, -0.1) is 0 Å². The fraction of sp³-hybridized carbons (Fsp3) is 0.500. The standard InChI is InChI=1S/C12H19NO4S2/c1-3-17-10(8-13)9-18(14)11-4-6-12(7-5-11)19(2,15)16/h4-7,10H,3,8-9,13H2,1-2H3. The van der Waals surface area contributed by atoms with Crippen LogP contribution < -0.4 is 5.73 Å². The quantitative estimate of drug-likeness (QED) is 0.795. The topological polar surface area (TPSA) is 86.5 Å². The minimum absolute atomic E-state index is 0.216. The molecule has 1 aromatic rings. The molecule has 5 nitrogen and oxygen atoms in total. The van der Waals surface area contributed by atoms with Gasteiger partial charge in [0.15, 0.2) is 9.84 Å². The Bertz CT molecular complexity index is 525. The summed E-state index contributed by atoms with van der Waals surface area (Å²) in [6.45, 7) is 2.68. The largest absolute Gasteiger partial charge is 0.376 e. The number of nitrogens with two attached hydrogens (primary N) is 1. The molecule has 2 atom stereocenters. The van der Waals surface area contributed by atoms with E-state index in [0.29, 0.717) is 23.8 Å². The number of hydrogen-bond acceptors (Lipinski definition) is 5. The normalized spacial score (nSPS) is 15.1. The molecule has 19 heavy (non-hydrogen) atoms. The molecule has 0 aromatic heterocycles. The lowest BCUT2D eigenvalue weighted by atomic mass is 10.4. The van der Waals surface area contributed by atoms with E-state index in [-0.39, 0.29) is 11.0 Å². The van der Waals surface area contributed by atoms with Crippen molar-refractivity contribution in [3.63, 3.8) is 0 Å². The smallest absolute Gasteiger partial charge is 0.175 e. The maximum atomic E-state index is 12.1. The van der Waals surface area contributed by atoms with Crippen molar-refractivity contribution in [3.05, 3.63) is 24.3 Å². The van der Waals surface area contributed by atoms with Crippen molar-refractivity contribution in [2.75, 3.05) is 25.2 Å². The molecule has 0 amide bonds. The van der Waals surface area contributed by atoms with Crippen LogP contribution in [0, 0.1) is 0 Å². The van der Waals surface area contributed by atoms with Gasteiger partial charge in [0.05, 0.1) is 27.6 Å². The van der Waals surface area contributed by atoms with Crippen LogP contribution in [-0.2, 0) is 25.4 Å². The third-order valence-electron chi connectivity index (χ3n) is 2.52. The van der Waals surface area contributed by atoms with Crippen molar-refractivity contribution in [3.8, 4) is 0 Å². The predicted octanol–water partition coefficient (Wildman–Crippen LogP) is 0.562. The van der Waals surface area contributed by atoms with Gasteiger partial charge in [-0.25, -0.2) is 8.42 Å². The molecule has 7 heteroatoms. The third-order valence-corrected chi connectivity index (χ3v) is 5.12. The van der Waals surface area contributed by atoms with Crippen molar-refractivity contribution in [2.24, 2.45) is 5.73 Å². The summed E-state index contributed by atoms with van der Waals surface area (Å²) in [5.74, 6) is 0.308. The van der Waals surface area contributed by atoms with E-state index in [0.717, 1.165) is 6.26 Å². The maximum Gasteiger partial charge on any atom is 0.175 e. The van der Waals surface area contributed by atoms with Gasteiger partial charge in [-0.05, 0) is 31.2 Å². The molecule has 0 spiro atoms. The Morgan fingerprint density at radius 2 is 1.89 bits per heavy atom. The lowest BCUT2D eigenvalue weighted by Crippen LogP contribution is -2.29. The van der Waals surface area contributed by atoms with Crippen molar-refractivity contribution in [2.45, 2.75) is 22.8 Å². The molecule has 108 valence electrons. The summed E-state index contributed by atoms with van der Waals surface area (Å²) in [4.78, 5) is 0.791. The Kier molecular flexibility index (Phi) is 6.12. The fourth-order valence-corrected chi connectivity index (χ4v) is 3.36. The summed E-state index contributed by atoms with van der Waals surface area (Å²) < 4.78 is 40.0. The molecule has 1 aromatic carbocycles. The van der Waals surface area contributed by atoms with Crippen molar-refractivity contribution >= 4 is 20.6 Å². The second kappa shape index (κ2) is 7.14. The zero-order valence-corrected chi connectivity index (χ0v) is 12.7. The van der Waals surface area contributed by atoms with Crippen molar-refractivity contribution < 1.29 is 17.4 Å². The highest BCUT2D eigenvalue weighted by molar-refractivity contribution is 7.90. The van der Waals surface area contributed by atoms with Crippen molar-refractivity contribution in [1.29, 1.82) is 0 Å². The third kappa shape index (κ3) is 5.02. The van der Waals surface area contributed by atoms with Gasteiger partial charge in [0.25, 0.3) is 0 Å². The first-order valence-corrected chi connectivity index (χ1v) is 9.09. The summed E-state index contributed by atoms with van der Waals surface area (Å²) in [5, 5.41) is 0. The van der Waals surface area contributed by atoms with Gasteiger partial charge in [0.2, 0.25) is 0 Å². The van der Waals surface area contributed by atoms with Gasteiger partial charge in [0.1, 0.15) is 0 Å². The second-order valence-corrected chi connectivity index (χ2v) is 7.58. The molecule has 0 saturated carbocycles. The summed E-state index contributed by atoms with van der Waals surface area (Å²) in [6.07, 6.45) is 0.888. The van der Waals surface area contributed by atoms with Crippen LogP contribution in [0.5, 0.6) is 0 Å². The fourth-order valence-electron chi connectivity index (χ4n) is 1.52. The lowest BCUT2D eigenvalue weighted by Gasteiger charge is -2.14. The molecule has 0 aliphatic carbocycles. The monoisotopic (exact) mass is 305 g/mol. The minimum atomic E-state index is -3.23. The molecule has 0 bridgehead atoms. The zero-order chi connectivity index (χ0) is 14.5. The minimum Gasteiger partial charge on any atom is -0.376 e. The van der Waals surface area contributed by atoms with E-state index in [1.54, 1.807) is 12.1 Å². The molecule has 0 fully saturated rings. The highest BCUT2D eigenvalue weighted by Crippen LogP contribution is 2.14. The Labute approximate surface area is 116 Å². The first-order valence-electron chi connectivity index (χ1n) is 5.88. The van der Waals surface area contributed by atoms with Crippen LogP contribution in [0.1, 0.15) is 6.92 Å². The molecule has 0 aliphatic heterocycles. The number of benzene rings is 1. The highest BCUT2D eigenvalue weighted by Gasteiger charge is 2.14. The molecule has 0 radical (unpaired) electrons. The van der Waals surface area contributed by atoms with E-state index >= 15 is 0 Å². The molecule has 0 heterocycles. The first-order chi connectivity index (χ1) is 8.88. The lowest BCUT2D eigenvalue weighted by molar-refractivity contribution is 0.0852. The maximum absolute atomic E-state index is 12.1. The van der Waals surface area contributed by atoms with Gasteiger partial charge in [-0.3, -0.25) is 4.21 Å². The number of ether oxygens (including phenoxy) is 1. The highest BCUT2D eigenvalue weighted by atomic mass is 32.2. The van der Waals surface area contributed by atoms with Gasteiger partial charge in [-0.1, -0.05) is 0 Å². The van der Waals surface area contributed by atoms with Crippen LogP contribution in [0.25, 0.3) is 0 Å². The van der Waals surface area contributed by atoms with Crippen LogP contribution in [-0.4, -0.2) is 43.9 Å². The van der Waals surface area contributed by atoms with Crippen LogP contribution in [0.3, 0.4) is 0 Å². The van der Waals surface area contributed by atoms with Crippen LogP contribution in [0.15, 0.2) is 34.1 Å². The van der Waals surface area contributed by atoms with Crippen LogP contribution >= 0.6 is 0 Å². The molecule has 2 unspecified atom stereocenters. The zero-order valence-electron chi connectivity index (χ0n) is 11.0. The molecular formula is C12H19NO4S2. The summed E-state index contributed by atoms with van der Waals surface area (Å²) >= 11 is 0. The second-order valence-electron chi connectivity index (χ2n) is 4.07. The van der Waals surface area contributed by atoms with E-state index in [1.807, 2.05) is 6.92 Å². The Morgan fingerprint density at radius 3 is 2.32 bits per heavy atom. The van der Waals surface area contributed by atoms with E-state index in [1.165, 1.54) is 12.1 Å². The molecule has 1 rings (SSSR count). The van der Waals surface area contributed by atoms with Gasteiger partial charge in [-0.2, -0.15) is 0 Å². The van der Waals surface area contributed by atoms with E-state index in [9.17, 15) is 12.6 Å². The van der Waals surface area contributed by atoms with Gasteiger partial charge >= 0.3 is 0 Å². The Hall–Kier alpha value is -0.760. The Balaban J connectivity index is 2.78. The molecule has 0 aliphatic rings. The average Bonchev–Trinajstić information content (AvgIpc) is 2.37. The van der Waals surface area contributed by atoms with E-state index < -0.39 is 20.6 Å². The van der Waals surface area contributed by atoms with E-state index in [2.05, 4.69) is 0 Å². The van der Waals surface area contributed by atoms with Crippen LogP contribution in [0.4, 0.5) is 0 Å². The number of rotatable bonds is 7. The molecular weight excluding hydrogens is 286 g/mol. The van der Waals surface area contributed by atoms with Crippen LogP contribution in [0.2, 0.25) is 0 Å². The van der Waals surface area contributed by atoms with Crippen molar-refractivity contribution in [1.82, 2.24) is 0 Å².